The van der Waals surface area contributed by atoms with Gasteiger partial charge in [0.15, 0.2) is 11.7 Å². The molecule has 1 N–H and O–H groups in total. The Morgan fingerprint density at radius 1 is 1.25 bits per heavy atom. The first-order valence-electron chi connectivity index (χ1n) is 13.8. The Kier molecular flexibility index (Phi) is 9.64. The fourth-order valence-corrected chi connectivity index (χ4v) is 5.87. The first kappa shape index (κ1) is 28.9. The molecule has 10 nitrogen and oxygen atoms in total. The summed E-state index contributed by atoms with van der Waals surface area (Å²) in [4.78, 5) is 28.7. The minimum Gasteiger partial charge on any atom is -0.421 e. The summed E-state index contributed by atoms with van der Waals surface area (Å²) >= 11 is 12.6. The minimum absolute atomic E-state index is 0.0481. The Balaban J connectivity index is 1.21. The van der Waals surface area contributed by atoms with Crippen LogP contribution in [0, 0.1) is 0 Å². The van der Waals surface area contributed by atoms with Crippen LogP contribution in [-0.2, 0) is 27.2 Å². The molecule has 1 atom stereocenters. The van der Waals surface area contributed by atoms with Crippen molar-refractivity contribution in [3.05, 3.63) is 45.7 Å². The van der Waals surface area contributed by atoms with Gasteiger partial charge in [0.2, 0.25) is 0 Å². The molecular formula is C28H36Cl2N6O4. The van der Waals surface area contributed by atoms with E-state index in [1.165, 1.54) is 0 Å². The molecule has 1 unspecified atom stereocenters. The summed E-state index contributed by atoms with van der Waals surface area (Å²) < 4.78 is 17.3. The number of fused-ring (bicyclic) bond motifs is 2. The zero-order valence-electron chi connectivity index (χ0n) is 23.0. The second-order valence-corrected chi connectivity index (χ2v) is 10.9. The van der Waals surface area contributed by atoms with Gasteiger partial charge in [-0.25, -0.2) is 0 Å². The van der Waals surface area contributed by atoms with Crippen LogP contribution in [0.1, 0.15) is 24.5 Å². The lowest BCUT2D eigenvalue weighted by molar-refractivity contribution is -0.145. The fourth-order valence-electron chi connectivity index (χ4n) is 5.28. The summed E-state index contributed by atoms with van der Waals surface area (Å²) in [5, 5.41) is 4.50. The lowest BCUT2D eigenvalue weighted by atomic mass is 9.99. The van der Waals surface area contributed by atoms with Gasteiger partial charge in [-0.3, -0.25) is 9.78 Å². The summed E-state index contributed by atoms with van der Waals surface area (Å²) in [6.07, 6.45) is 4.52. The molecule has 0 saturated carbocycles. The SMILES string of the molecule is CCN(CCCNc1nc2cncc(N3CCOC(C(=O)N4CCc5cc(Cl)cc(Cl)c5C4)C3)c2o1)CCOC. The highest BCUT2D eigenvalue weighted by Crippen LogP contribution is 2.32. The van der Waals surface area contributed by atoms with E-state index >= 15 is 0 Å². The van der Waals surface area contributed by atoms with Crippen molar-refractivity contribution in [2.75, 3.05) is 76.4 Å². The van der Waals surface area contributed by atoms with Crippen LogP contribution < -0.4 is 10.2 Å². The van der Waals surface area contributed by atoms with Gasteiger partial charge in [-0.2, -0.15) is 4.98 Å². The highest BCUT2D eigenvalue weighted by molar-refractivity contribution is 6.35. The standard InChI is InChI=1S/C28H36Cl2N6O4/c1-3-34(9-11-38-2)7-4-6-32-28-33-23-15-31-16-24(26(23)40-28)35-10-12-39-25(18-35)27(37)36-8-5-19-13-20(29)14-22(30)21(19)17-36/h13-16,25H,3-12,17-18H2,1-2H3,(H,32,33). The molecule has 12 heteroatoms. The number of oxazole rings is 1. The number of nitrogens with one attached hydrogen (secondary N) is 1. The molecule has 2 aromatic heterocycles. The molecule has 1 saturated heterocycles. The van der Waals surface area contributed by atoms with E-state index in [0.29, 0.717) is 66.4 Å². The number of ether oxygens (including phenoxy) is 2. The maximum atomic E-state index is 13.5. The van der Waals surface area contributed by atoms with E-state index in [1.54, 1.807) is 25.6 Å². The van der Waals surface area contributed by atoms with Crippen LogP contribution in [0.5, 0.6) is 0 Å². The van der Waals surface area contributed by atoms with Crippen molar-refractivity contribution in [2.24, 2.45) is 0 Å². The van der Waals surface area contributed by atoms with Crippen molar-refractivity contribution in [3.8, 4) is 0 Å². The van der Waals surface area contributed by atoms with Gasteiger partial charge >= 0.3 is 0 Å². The molecule has 216 valence electrons. The second kappa shape index (κ2) is 13.4. The molecule has 0 radical (unpaired) electrons. The number of carbonyl (C=O) groups excluding carboxylic acids is 1. The summed E-state index contributed by atoms with van der Waals surface area (Å²) in [6.45, 7) is 8.97. The Labute approximate surface area is 244 Å². The molecule has 0 spiro atoms. The topological polar surface area (TPSA) is 96.2 Å². The van der Waals surface area contributed by atoms with Gasteiger partial charge in [0.1, 0.15) is 11.2 Å². The number of carbonyl (C=O) groups is 1. The van der Waals surface area contributed by atoms with Gasteiger partial charge < -0.3 is 33.9 Å². The van der Waals surface area contributed by atoms with E-state index in [1.807, 2.05) is 11.0 Å². The normalized spacial score (nSPS) is 17.5. The largest absolute Gasteiger partial charge is 0.421 e. The quantitative estimate of drug-likeness (QED) is 0.331. The van der Waals surface area contributed by atoms with E-state index in [9.17, 15) is 4.79 Å². The third kappa shape index (κ3) is 6.63. The van der Waals surface area contributed by atoms with Crippen LogP contribution >= 0.6 is 23.2 Å². The molecule has 0 aliphatic carbocycles. The van der Waals surface area contributed by atoms with Crippen LogP contribution in [0.15, 0.2) is 28.9 Å². The van der Waals surface area contributed by atoms with Crippen molar-refractivity contribution >= 4 is 51.9 Å². The number of rotatable bonds is 11. The lowest BCUT2D eigenvalue weighted by Gasteiger charge is -2.37. The molecule has 1 amide bonds. The van der Waals surface area contributed by atoms with Gasteiger partial charge in [0, 0.05) is 49.9 Å². The number of hydrogen-bond donors (Lipinski definition) is 1. The summed E-state index contributed by atoms with van der Waals surface area (Å²) in [5.74, 6) is -0.0481. The van der Waals surface area contributed by atoms with E-state index in [4.69, 9.17) is 37.1 Å². The Hall–Kier alpha value is -2.63. The van der Waals surface area contributed by atoms with Gasteiger partial charge in [-0.1, -0.05) is 30.1 Å². The lowest BCUT2D eigenvalue weighted by Crippen LogP contribution is -2.52. The zero-order chi connectivity index (χ0) is 28.1. The van der Waals surface area contributed by atoms with Crippen LogP contribution in [0.25, 0.3) is 11.1 Å². The van der Waals surface area contributed by atoms with Crippen molar-refractivity contribution in [1.82, 2.24) is 19.8 Å². The highest BCUT2D eigenvalue weighted by atomic mass is 35.5. The van der Waals surface area contributed by atoms with Crippen LogP contribution in [0.3, 0.4) is 0 Å². The van der Waals surface area contributed by atoms with Crippen molar-refractivity contribution in [2.45, 2.75) is 32.4 Å². The number of likely N-dealkylation sites (N-methyl/N-ethyl adjacent to an activating group) is 1. The average molecular weight is 592 g/mol. The Morgan fingerprint density at radius 2 is 2.12 bits per heavy atom. The van der Waals surface area contributed by atoms with Crippen LogP contribution in [0.4, 0.5) is 11.7 Å². The third-order valence-corrected chi connectivity index (χ3v) is 8.07. The molecule has 40 heavy (non-hydrogen) atoms. The van der Waals surface area contributed by atoms with Crippen LogP contribution in [-0.4, -0.2) is 97.9 Å². The predicted molar refractivity (Wildman–Crippen MR) is 156 cm³/mol. The van der Waals surface area contributed by atoms with Crippen molar-refractivity contribution in [3.63, 3.8) is 0 Å². The number of anilines is 2. The highest BCUT2D eigenvalue weighted by Gasteiger charge is 2.33. The summed E-state index contributed by atoms with van der Waals surface area (Å²) in [6, 6.07) is 4.13. The number of morpholine rings is 1. The van der Waals surface area contributed by atoms with Crippen LogP contribution in [0.2, 0.25) is 10.0 Å². The first-order valence-corrected chi connectivity index (χ1v) is 14.5. The number of hydrogen-bond acceptors (Lipinski definition) is 9. The van der Waals surface area contributed by atoms with E-state index in [2.05, 4.69) is 32.0 Å². The minimum atomic E-state index is -0.600. The maximum absolute atomic E-state index is 13.5. The molecule has 2 aliphatic rings. The van der Waals surface area contributed by atoms with E-state index in [0.717, 1.165) is 56.0 Å². The van der Waals surface area contributed by atoms with Crippen molar-refractivity contribution in [1.29, 1.82) is 0 Å². The molecule has 1 fully saturated rings. The predicted octanol–water partition coefficient (Wildman–Crippen LogP) is 4.09. The molecule has 2 aliphatic heterocycles. The maximum Gasteiger partial charge on any atom is 0.295 e. The fraction of sp³-hybridized carbons (Fsp3) is 0.536. The smallest absolute Gasteiger partial charge is 0.295 e. The second-order valence-electron chi connectivity index (χ2n) is 10.1. The van der Waals surface area contributed by atoms with Gasteiger partial charge in [0.05, 0.1) is 32.2 Å². The Morgan fingerprint density at radius 3 is 2.95 bits per heavy atom. The molecule has 5 rings (SSSR count). The number of aromatic nitrogens is 2. The summed E-state index contributed by atoms with van der Waals surface area (Å²) in [5.41, 5.74) is 4.17. The monoisotopic (exact) mass is 590 g/mol. The average Bonchev–Trinajstić information content (AvgIpc) is 3.39. The zero-order valence-corrected chi connectivity index (χ0v) is 24.5. The molecule has 1 aromatic carbocycles. The molecule has 3 aromatic rings. The third-order valence-electron chi connectivity index (χ3n) is 7.51. The number of methoxy groups -OCH3 is 1. The molecule has 0 bridgehead atoms. The van der Waals surface area contributed by atoms with Gasteiger partial charge in [-0.15, -0.1) is 0 Å². The summed E-state index contributed by atoms with van der Waals surface area (Å²) in [7, 11) is 1.72. The van der Waals surface area contributed by atoms with E-state index < -0.39 is 6.10 Å². The number of nitrogens with zero attached hydrogens (tertiary/aromatic N) is 5. The molecular weight excluding hydrogens is 555 g/mol. The van der Waals surface area contributed by atoms with Gasteiger partial charge in [-0.05, 0) is 49.2 Å². The van der Waals surface area contributed by atoms with E-state index in [-0.39, 0.29) is 5.91 Å². The first-order chi connectivity index (χ1) is 19.5. The Bertz CT molecular complexity index is 1320. The number of amides is 1. The van der Waals surface area contributed by atoms with Gasteiger partial charge in [0.25, 0.3) is 11.9 Å². The number of benzene rings is 1. The number of halogens is 2. The van der Waals surface area contributed by atoms with Crippen molar-refractivity contribution < 1.29 is 18.7 Å². The molecule has 4 heterocycles. The number of pyridine rings is 1.